The van der Waals surface area contributed by atoms with Crippen LogP contribution >= 0.6 is 0 Å². The Bertz CT molecular complexity index is 615. The van der Waals surface area contributed by atoms with E-state index in [9.17, 15) is 9.90 Å². The van der Waals surface area contributed by atoms with Crippen molar-refractivity contribution in [2.24, 2.45) is 0 Å². The maximum atomic E-state index is 11.3. The lowest BCUT2D eigenvalue weighted by Crippen LogP contribution is -2.38. The van der Waals surface area contributed by atoms with Crippen LogP contribution in [-0.2, 0) is 11.3 Å². The molecule has 0 amide bonds. The maximum Gasteiger partial charge on any atom is 0.337 e. The van der Waals surface area contributed by atoms with E-state index in [1.807, 2.05) is 28.8 Å². The van der Waals surface area contributed by atoms with Crippen molar-refractivity contribution < 1.29 is 14.6 Å². The van der Waals surface area contributed by atoms with Gasteiger partial charge < -0.3 is 14.4 Å². The molecular formula is C15H18N2O3. The van der Waals surface area contributed by atoms with Gasteiger partial charge in [0, 0.05) is 43.3 Å². The van der Waals surface area contributed by atoms with Crippen molar-refractivity contribution in [2.75, 3.05) is 32.8 Å². The predicted octanol–water partition coefficient (Wildman–Crippen LogP) is 1.67. The predicted molar refractivity (Wildman–Crippen MR) is 76.2 cm³/mol. The quantitative estimate of drug-likeness (QED) is 0.921. The van der Waals surface area contributed by atoms with Gasteiger partial charge in [0.05, 0.1) is 18.8 Å². The number of carboxylic acid groups (broad SMARTS) is 1. The number of aromatic carboxylic acids is 1. The topological polar surface area (TPSA) is 54.7 Å². The summed E-state index contributed by atoms with van der Waals surface area (Å²) >= 11 is 0. The summed E-state index contributed by atoms with van der Waals surface area (Å²) in [4.78, 5) is 13.6. The zero-order valence-corrected chi connectivity index (χ0v) is 11.3. The minimum atomic E-state index is -0.869. The van der Waals surface area contributed by atoms with Gasteiger partial charge >= 0.3 is 5.97 Å². The van der Waals surface area contributed by atoms with Crippen molar-refractivity contribution in [3.05, 3.63) is 36.0 Å². The van der Waals surface area contributed by atoms with E-state index in [0.717, 1.165) is 50.3 Å². The summed E-state index contributed by atoms with van der Waals surface area (Å²) in [5.74, 6) is -0.869. The zero-order valence-electron chi connectivity index (χ0n) is 11.3. The van der Waals surface area contributed by atoms with E-state index < -0.39 is 5.97 Å². The van der Waals surface area contributed by atoms with E-state index >= 15 is 0 Å². The summed E-state index contributed by atoms with van der Waals surface area (Å²) < 4.78 is 7.37. The van der Waals surface area contributed by atoms with E-state index in [1.165, 1.54) is 0 Å². The lowest BCUT2D eigenvalue weighted by Gasteiger charge is -2.26. The molecule has 2 aromatic rings. The molecule has 0 spiro atoms. The number of aromatic nitrogens is 1. The molecule has 0 unspecified atom stereocenters. The number of morpholine rings is 1. The lowest BCUT2D eigenvalue weighted by atomic mass is 10.2. The number of carboxylic acids is 1. The van der Waals surface area contributed by atoms with Crippen LogP contribution in [0.1, 0.15) is 10.4 Å². The van der Waals surface area contributed by atoms with Gasteiger partial charge in [-0.05, 0) is 6.07 Å². The van der Waals surface area contributed by atoms with E-state index in [1.54, 1.807) is 6.20 Å². The first-order valence-corrected chi connectivity index (χ1v) is 6.87. The van der Waals surface area contributed by atoms with E-state index in [0.29, 0.717) is 5.56 Å². The Balaban J connectivity index is 1.82. The average molecular weight is 274 g/mol. The van der Waals surface area contributed by atoms with Crippen LogP contribution in [0.3, 0.4) is 0 Å². The lowest BCUT2D eigenvalue weighted by molar-refractivity contribution is 0.0365. The third-order valence-corrected chi connectivity index (χ3v) is 3.78. The second kappa shape index (κ2) is 5.64. The average Bonchev–Trinajstić information content (AvgIpc) is 2.85. The van der Waals surface area contributed by atoms with Gasteiger partial charge in [-0.3, -0.25) is 4.90 Å². The third kappa shape index (κ3) is 2.55. The molecule has 0 aliphatic carbocycles. The van der Waals surface area contributed by atoms with E-state index in [2.05, 4.69) is 4.90 Å². The van der Waals surface area contributed by atoms with Gasteiger partial charge in [-0.15, -0.1) is 0 Å². The first kappa shape index (κ1) is 13.1. The molecule has 0 radical (unpaired) electrons. The second-order valence-electron chi connectivity index (χ2n) is 5.01. The number of rotatable bonds is 4. The molecule has 1 aromatic heterocycles. The first-order valence-electron chi connectivity index (χ1n) is 6.87. The summed E-state index contributed by atoms with van der Waals surface area (Å²) in [5.41, 5.74) is 1.36. The van der Waals surface area contributed by atoms with Crippen molar-refractivity contribution in [1.29, 1.82) is 0 Å². The summed E-state index contributed by atoms with van der Waals surface area (Å²) in [6, 6.07) is 7.66. The van der Waals surface area contributed by atoms with Crippen molar-refractivity contribution in [3.8, 4) is 0 Å². The van der Waals surface area contributed by atoms with Gasteiger partial charge in [0.1, 0.15) is 0 Å². The highest BCUT2D eigenvalue weighted by atomic mass is 16.5. The summed E-state index contributed by atoms with van der Waals surface area (Å²) in [6.07, 6.45) is 1.74. The Morgan fingerprint density at radius 3 is 2.70 bits per heavy atom. The maximum absolute atomic E-state index is 11.3. The van der Waals surface area contributed by atoms with E-state index in [-0.39, 0.29) is 0 Å². The van der Waals surface area contributed by atoms with Crippen LogP contribution in [0.5, 0.6) is 0 Å². The largest absolute Gasteiger partial charge is 0.478 e. The van der Waals surface area contributed by atoms with Crippen LogP contribution in [0.15, 0.2) is 30.5 Å². The van der Waals surface area contributed by atoms with Crippen LogP contribution in [0, 0.1) is 0 Å². The molecule has 5 heteroatoms. The fraction of sp³-hybridized carbons (Fsp3) is 0.400. The number of hydrogen-bond donors (Lipinski definition) is 1. The fourth-order valence-electron chi connectivity index (χ4n) is 2.68. The molecule has 5 nitrogen and oxygen atoms in total. The Kier molecular flexibility index (Phi) is 3.71. The molecule has 0 bridgehead atoms. The van der Waals surface area contributed by atoms with Gasteiger partial charge in [-0.25, -0.2) is 4.79 Å². The van der Waals surface area contributed by atoms with Crippen LogP contribution in [0.25, 0.3) is 10.9 Å². The summed E-state index contributed by atoms with van der Waals surface area (Å²) in [5, 5.41) is 10.1. The number of hydrogen-bond acceptors (Lipinski definition) is 3. The molecule has 0 saturated carbocycles. The Hall–Kier alpha value is -1.85. The van der Waals surface area contributed by atoms with Crippen LogP contribution in [0.4, 0.5) is 0 Å². The monoisotopic (exact) mass is 274 g/mol. The highest BCUT2D eigenvalue weighted by Gasteiger charge is 2.15. The Morgan fingerprint density at radius 2 is 1.95 bits per heavy atom. The SMILES string of the molecule is O=C(O)c1cn(CCN2CCOCC2)c2ccccc12. The molecule has 3 rings (SSSR count). The van der Waals surface area contributed by atoms with Crippen molar-refractivity contribution in [2.45, 2.75) is 6.54 Å². The minimum absolute atomic E-state index is 0.377. The number of para-hydroxylation sites is 1. The highest BCUT2D eigenvalue weighted by Crippen LogP contribution is 2.21. The van der Waals surface area contributed by atoms with Gasteiger partial charge in [-0.2, -0.15) is 0 Å². The van der Waals surface area contributed by atoms with Crippen molar-refractivity contribution >= 4 is 16.9 Å². The van der Waals surface area contributed by atoms with E-state index in [4.69, 9.17) is 4.74 Å². The van der Waals surface area contributed by atoms with Gasteiger partial charge in [-0.1, -0.05) is 18.2 Å². The minimum Gasteiger partial charge on any atom is -0.478 e. The fourth-order valence-corrected chi connectivity index (χ4v) is 2.68. The van der Waals surface area contributed by atoms with Crippen LogP contribution in [0.2, 0.25) is 0 Å². The molecular weight excluding hydrogens is 256 g/mol. The molecule has 106 valence electrons. The molecule has 1 aliphatic rings. The number of carbonyl (C=O) groups is 1. The van der Waals surface area contributed by atoms with Gasteiger partial charge in [0.25, 0.3) is 0 Å². The molecule has 1 saturated heterocycles. The molecule has 1 aromatic carbocycles. The highest BCUT2D eigenvalue weighted by molar-refractivity contribution is 6.03. The summed E-state index contributed by atoms with van der Waals surface area (Å²) in [7, 11) is 0. The third-order valence-electron chi connectivity index (χ3n) is 3.78. The number of benzene rings is 1. The Labute approximate surface area is 117 Å². The number of ether oxygens (including phenoxy) is 1. The smallest absolute Gasteiger partial charge is 0.337 e. The number of nitrogens with zero attached hydrogens (tertiary/aromatic N) is 2. The molecule has 1 N–H and O–H groups in total. The second-order valence-corrected chi connectivity index (χ2v) is 5.01. The van der Waals surface area contributed by atoms with Gasteiger partial charge in [0.2, 0.25) is 0 Å². The molecule has 0 atom stereocenters. The standard InChI is InChI=1S/C15H18N2O3/c18-15(19)13-11-17(14-4-2-1-3-12(13)14)6-5-16-7-9-20-10-8-16/h1-4,11H,5-10H2,(H,18,19). The Morgan fingerprint density at radius 1 is 1.20 bits per heavy atom. The first-order chi connectivity index (χ1) is 9.75. The summed E-state index contributed by atoms with van der Waals surface area (Å²) in [6.45, 7) is 5.18. The number of fused-ring (bicyclic) bond motifs is 1. The zero-order chi connectivity index (χ0) is 13.9. The molecule has 1 fully saturated rings. The van der Waals surface area contributed by atoms with Crippen molar-refractivity contribution in [3.63, 3.8) is 0 Å². The van der Waals surface area contributed by atoms with Gasteiger partial charge in [0.15, 0.2) is 0 Å². The van der Waals surface area contributed by atoms with Crippen LogP contribution in [-0.4, -0.2) is 53.4 Å². The van der Waals surface area contributed by atoms with Crippen molar-refractivity contribution in [1.82, 2.24) is 9.47 Å². The van der Waals surface area contributed by atoms with Crippen LogP contribution < -0.4 is 0 Å². The molecule has 20 heavy (non-hydrogen) atoms. The normalized spacial score (nSPS) is 16.6. The molecule has 2 heterocycles. The molecule has 1 aliphatic heterocycles.